The first kappa shape index (κ1) is 18.1. The number of hydrogen-bond acceptors (Lipinski definition) is 4. The van der Waals surface area contributed by atoms with E-state index in [1.54, 1.807) is 7.05 Å². The second kappa shape index (κ2) is 9.89. The van der Waals surface area contributed by atoms with E-state index in [1.807, 2.05) is 11.8 Å². The number of urea groups is 1. The minimum absolute atomic E-state index is 0.174. The molecule has 1 fully saturated rings. The van der Waals surface area contributed by atoms with Crippen molar-refractivity contribution in [3.63, 3.8) is 0 Å². The number of nitrogens with one attached hydrogen (secondary N) is 1. The van der Waals surface area contributed by atoms with Gasteiger partial charge in [-0.1, -0.05) is 12.8 Å². The van der Waals surface area contributed by atoms with E-state index in [9.17, 15) is 9.59 Å². The fourth-order valence-electron chi connectivity index (χ4n) is 2.36. The van der Waals surface area contributed by atoms with E-state index in [0.717, 1.165) is 12.8 Å². The number of carboxylic acid groups (broad SMARTS) is 1. The van der Waals surface area contributed by atoms with Crippen molar-refractivity contribution in [1.29, 1.82) is 0 Å². The highest BCUT2D eigenvalue weighted by Crippen LogP contribution is 2.19. The molecule has 21 heavy (non-hydrogen) atoms. The Hall–Kier alpha value is -0.950. The van der Waals surface area contributed by atoms with Gasteiger partial charge in [0.2, 0.25) is 0 Å². The average Bonchev–Trinajstić information content (AvgIpc) is 2.94. The first-order valence-electron chi connectivity index (χ1n) is 7.38. The molecule has 2 unspecified atom stereocenters. The van der Waals surface area contributed by atoms with Gasteiger partial charge in [-0.2, -0.15) is 11.8 Å². The largest absolute Gasteiger partial charge is 0.481 e. The Morgan fingerprint density at radius 3 is 2.67 bits per heavy atom. The molecule has 1 saturated heterocycles. The van der Waals surface area contributed by atoms with E-state index < -0.39 is 11.9 Å². The first-order chi connectivity index (χ1) is 10.1. The van der Waals surface area contributed by atoms with Crippen molar-refractivity contribution in [1.82, 2.24) is 10.2 Å². The van der Waals surface area contributed by atoms with E-state index in [-0.39, 0.29) is 25.3 Å². The summed E-state index contributed by atoms with van der Waals surface area (Å²) in [4.78, 5) is 24.5. The van der Waals surface area contributed by atoms with Crippen LogP contribution in [0.1, 0.15) is 25.7 Å². The number of rotatable bonds is 9. The second-order valence-corrected chi connectivity index (χ2v) is 6.28. The summed E-state index contributed by atoms with van der Waals surface area (Å²) in [7, 11) is 1.63. The third-order valence-electron chi connectivity index (χ3n) is 3.74. The van der Waals surface area contributed by atoms with E-state index in [2.05, 4.69) is 11.6 Å². The SMILES string of the molecule is CSCCCCCCNC(=O)N(C)C1COCC1C(=O)O. The summed E-state index contributed by atoms with van der Waals surface area (Å²) in [6.07, 6.45) is 6.57. The molecule has 2 N–H and O–H groups in total. The van der Waals surface area contributed by atoms with Crippen molar-refractivity contribution in [3.05, 3.63) is 0 Å². The van der Waals surface area contributed by atoms with Gasteiger partial charge in [0, 0.05) is 13.6 Å². The number of ether oxygens (including phenoxy) is 1. The molecule has 1 aliphatic heterocycles. The standard InChI is InChI=1S/C14H26N2O4S/c1-16(12-10-20-9-11(12)13(17)18)14(19)15-7-5-3-4-6-8-21-2/h11-12H,3-10H2,1-2H3,(H,15,19)(H,17,18). The highest BCUT2D eigenvalue weighted by Gasteiger charge is 2.38. The lowest BCUT2D eigenvalue weighted by atomic mass is 10.0. The number of carbonyl (C=O) groups is 2. The molecule has 1 aliphatic rings. The van der Waals surface area contributed by atoms with Gasteiger partial charge in [0.25, 0.3) is 0 Å². The van der Waals surface area contributed by atoms with Crippen LogP contribution in [0.2, 0.25) is 0 Å². The van der Waals surface area contributed by atoms with Crippen LogP contribution >= 0.6 is 11.8 Å². The maximum atomic E-state index is 12.0. The maximum absolute atomic E-state index is 12.0. The molecule has 0 aliphatic carbocycles. The van der Waals surface area contributed by atoms with Crippen LogP contribution < -0.4 is 5.32 Å². The van der Waals surface area contributed by atoms with Crippen molar-refractivity contribution in [2.75, 3.05) is 38.8 Å². The summed E-state index contributed by atoms with van der Waals surface area (Å²) in [5, 5.41) is 11.9. The number of aliphatic carboxylic acids is 1. The molecule has 0 aromatic heterocycles. The summed E-state index contributed by atoms with van der Waals surface area (Å²) >= 11 is 1.85. The van der Waals surface area contributed by atoms with Crippen molar-refractivity contribution in [3.8, 4) is 0 Å². The summed E-state index contributed by atoms with van der Waals surface area (Å²) in [6, 6.07) is -0.607. The molecule has 7 heteroatoms. The third kappa shape index (κ3) is 6.13. The van der Waals surface area contributed by atoms with Crippen LogP contribution in [0.3, 0.4) is 0 Å². The molecular weight excluding hydrogens is 292 g/mol. The predicted octanol–water partition coefficient (Wildman–Crippen LogP) is 1.65. The second-order valence-electron chi connectivity index (χ2n) is 5.30. The Balaban J connectivity index is 2.20. The molecule has 6 nitrogen and oxygen atoms in total. The number of amides is 2. The monoisotopic (exact) mass is 318 g/mol. The number of carbonyl (C=O) groups excluding carboxylic acids is 1. The van der Waals surface area contributed by atoms with Gasteiger partial charge in [-0.3, -0.25) is 4.79 Å². The topological polar surface area (TPSA) is 78.9 Å². The van der Waals surface area contributed by atoms with Crippen LogP contribution in [0.5, 0.6) is 0 Å². The highest BCUT2D eigenvalue weighted by molar-refractivity contribution is 7.98. The van der Waals surface area contributed by atoms with E-state index in [1.165, 1.54) is 23.5 Å². The predicted molar refractivity (Wildman–Crippen MR) is 83.7 cm³/mol. The maximum Gasteiger partial charge on any atom is 0.317 e. The average molecular weight is 318 g/mol. The Labute approximate surface area is 130 Å². The Morgan fingerprint density at radius 2 is 2.00 bits per heavy atom. The van der Waals surface area contributed by atoms with Crippen LogP contribution in [0, 0.1) is 5.92 Å². The van der Waals surface area contributed by atoms with Crippen molar-refractivity contribution >= 4 is 23.8 Å². The molecule has 122 valence electrons. The lowest BCUT2D eigenvalue weighted by Crippen LogP contribution is -2.48. The highest BCUT2D eigenvalue weighted by atomic mass is 32.2. The molecular formula is C14H26N2O4S. The normalized spacial score (nSPS) is 21.2. The van der Waals surface area contributed by atoms with Gasteiger partial charge < -0.3 is 20.1 Å². The van der Waals surface area contributed by atoms with Crippen LogP contribution in [0.15, 0.2) is 0 Å². The van der Waals surface area contributed by atoms with Crippen molar-refractivity contribution in [2.24, 2.45) is 5.92 Å². The zero-order chi connectivity index (χ0) is 15.7. The lowest BCUT2D eigenvalue weighted by molar-refractivity contribution is -0.142. The van der Waals surface area contributed by atoms with Crippen LogP contribution in [0.25, 0.3) is 0 Å². The van der Waals surface area contributed by atoms with Crippen molar-refractivity contribution < 1.29 is 19.4 Å². The molecule has 1 rings (SSSR count). The molecule has 0 aromatic rings. The van der Waals surface area contributed by atoms with Crippen LogP contribution in [0.4, 0.5) is 4.79 Å². The number of unbranched alkanes of at least 4 members (excludes halogenated alkanes) is 3. The zero-order valence-electron chi connectivity index (χ0n) is 12.8. The van der Waals surface area contributed by atoms with Gasteiger partial charge in [-0.25, -0.2) is 4.79 Å². The summed E-state index contributed by atoms with van der Waals surface area (Å²) < 4.78 is 5.18. The van der Waals surface area contributed by atoms with Crippen LogP contribution in [-0.2, 0) is 9.53 Å². The summed E-state index contributed by atoms with van der Waals surface area (Å²) in [5.41, 5.74) is 0. The number of likely N-dealkylation sites (N-methyl/N-ethyl adjacent to an activating group) is 1. The Bertz CT molecular complexity index is 341. The molecule has 0 spiro atoms. The van der Waals surface area contributed by atoms with E-state index >= 15 is 0 Å². The summed E-state index contributed by atoms with van der Waals surface area (Å²) in [6.45, 7) is 1.09. The minimum Gasteiger partial charge on any atom is -0.481 e. The summed E-state index contributed by atoms with van der Waals surface area (Å²) in [5.74, 6) is -0.355. The number of nitrogens with zero attached hydrogens (tertiary/aromatic N) is 1. The first-order valence-corrected chi connectivity index (χ1v) is 8.77. The van der Waals surface area contributed by atoms with E-state index in [4.69, 9.17) is 9.84 Å². The zero-order valence-corrected chi connectivity index (χ0v) is 13.7. The molecule has 0 bridgehead atoms. The molecule has 2 amide bonds. The Morgan fingerprint density at radius 1 is 1.29 bits per heavy atom. The van der Waals surface area contributed by atoms with Crippen LogP contribution in [-0.4, -0.2) is 66.9 Å². The van der Waals surface area contributed by atoms with Gasteiger partial charge in [-0.05, 0) is 24.9 Å². The molecule has 0 saturated carbocycles. The number of hydrogen-bond donors (Lipinski definition) is 2. The smallest absolute Gasteiger partial charge is 0.317 e. The van der Waals surface area contributed by atoms with E-state index in [0.29, 0.717) is 6.54 Å². The van der Waals surface area contributed by atoms with Gasteiger partial charge in [0.05, 0.1) is 19.3 Å². The third-order valence-corrected chi connectivity index (χ3v) is 4.43. The van der Waals surface area contributed by atoms with Gasteiger partial charge in [0.1, 0.15) is 5.92 Å². The fraction of sp³-hybridized carbons (Fsp3) is 0.857. The van der Waals surface area contributed by atoms with Gasteiger partial charge >= 0.3 is 12.0 Å². The van der Waals surface area contributed by atoms with Gasteiger partial charge in [0.15, 0.2) is 0 Å². The quantitative estimate of drug-likeness (QED) is 0.632. The van der Waals surface area contributed by atoms with Crippen molar-refractivity contribution in [2.45, 2.75) is 31.7 Å². The van der Waals surface area contributed by atoms with Gasteiger partial charge in [-0.15, -0.1) is 0 Å². The molecule has 0 aromatic carbocycles. The lowest BCUT2D eigenvalue weighted by Gasteiger charge is -2.26. The number of carboxylic acids is 1. The Kier molecular flexibility index (Phi) is 8.52. The fourth-order valence-corrected chi connectivity index (χ4v) is 2.85. The number of thioether (sulfide) groups is 1. The molecule has 0 radical (unpaired) electrons. The molecule has 2 atom stereocenters. The molecule has 1 heterocycles. The minimum atomic E-state index is -0.911.